The molecule has 0 aliphatic carbocycles. The normalized spacial score (nSPS) is 10.8. The second kappa shape index (κ2) is 6.63. The number of hydrogen-bond acceptors (Lipinski definition) is 6. The van der Waals surface area contributed by atoms with Crippen LogP contribution in [0.25, 0.3) is 17.2 Å². The summed E-state index contributed by atoms with van der Waals surface area (Å²) in [6.07, 6.45) is 3.48. The molecule has 1 N–H and O–H groups in total. The number of pyridine rings is 1. The predicted molar refractivity (Wildman–Crippen MR) is 90.5 cm³/mol. The van der Waals surface area contributed by atoms with Gasteiger partial charge < -0.3 is 0 Å². The molecule has 1 aromatic carbocycles. The standard InChI is InChI=1S/C16H13N7S/c1-2-6-13(7-3-1)23-18-10-12(22-23)11-24-16-19-15(20-21-16)14-8-4-5-9-17-14/h1-10H,11H2,(H,19,20,21). The number of para-hydroxylation sites is 1. The highest BCUT2D eigenvalue weighted by Crippen LogP contribution is 2.20. The van der Waals surface area contributed by atoms with Crippen LogP contribution in [-0.4, -0.2) is 35.2 Å². The van der Waals surface area contributed by atoms with Crippen LogP contribution in [0.4, 0.5) is 0 Å². The Morgan fingerprint density at radius 1 is 1.04 bits per heavy atom. The number of rotatable bonds is 5. The molecule has 0 atom stereocenters. The van der Waals surface area contributed by atoms with Gasteiger partial charge in [-0.25, -0.2) is 0 Å². The fourth-order valence-electron chi connectivity index (χ4n) is 2.11. The van der Waals surface area contributed by atoms with E-state index in [1.165, 1.54) is 11.8 Å². The van der Waals surface area contributed by atoms with Gasteiger partial charge in [0.1, 0.15) is 5.69 Å². The molecule has 8 heteroatoms. The van der Waals surface area contributed by atoms with E-state index in [1.54, 1.807) is 17.2 Å². The maximum atomic E-state index is 4.47. The number of benzene rings is 1. The predicted octanol–water partition coefficient (Wildman–Crippen LogP) is 2.74. The maximum absolute atomic E-state index is 4.47. The molecule has 4 rings (SSSR count). The van der Waals surface area contributed by atoms with Crippen molar-refractivity contribution in [3.05, 3.63) is 66.6 Å². The van der Waals surface area contributed by atoms with Crippen molar-refractivity contribution in [2.24, 2.45) is 0 Å². The first-order valence-electron chi connectivity index (χ1n) is 7.32. The van der Waals surface area contributed by atoms with Gasteiger partial charge in [-0.1, -0.05) is 36.0 Å². The van der Waals surface area contributed by atoms with E-state index in [0.29, 0.717) is 16.7 Å². The van der Waals surface area contributed by atoms with Crippen LogP contribution in [0, 0.1) is 0 Å². The van der Waals surface area contributed by atoms with E-state index < -0.39 is 0 Å². The average Bonchev–Trinajstić information content (AvgIpc) is 3.31. The fourth-order valence-corrected chi connectivity index (χ4v) is 2.79. The molecule has 7 nitrogen and oxygen atoms in total. The zero-order valence-electron chi connectivity index (χ0n) is 12.6. The first-order chi connectivity index (χ1) is 11.9. The molecular formula is C16H13N7S. The van der Waals surface area contributed by atoms with E-state index >= 15 is 0 Å². The van der Waals surface area contributed by atoms with Crippen LogP contribution in [0.15, 0.2) is 66.1 Å². The maximum Gasteiger partial charge on any atom is 0.209 e. The average molecular weight is 335 g/mol. The Labute approximate surface area is 142 Å². The molecule has 3 aromatic heterocycles. The Morgan fingerprint density at radius 2 is 1.92 bits per heavy atom. The smallest absolute Gasteiger partial charge is 0.209 e. The van der Waals surface area contributed by atoms with Crippen LogP contribution < -0.4 is 0 Å². The largest absolute Gasteiger partial charge is 0.257 e. The number of aromatic nitrogens is 7. The lowest BCUT2D eigenvalue weighted by atomic mass is 10.3. The number of thioether (sulfide) groups is 1. The highest BCUT2D eigenvalue weighted by Gasteiger charge is 2.09. The van der Waals surface area contributed by atoms with E-state index in [2.05, 4.69) is 30.4 Å². The fraction of sp³-hybridized carbons (Fsp3) is 0.0625. The van der Waals surface area contributed by atoms with Crippen molar-refractivity contribution in [2.45, 2.75) is 10.9 Å². The lowest BCUT2D eigenvalue weighted by molar-refractivity contribution is 0.745. The third kappa shape index (κ3) is 3.18. The number of nitrogens with zero attached hydrogens (tertiary/aromatic N) is 6. The molecule has 0 saturated heterocycles. The van der Waals surface area contributed by atoms with Crippen LogP contribution in [0.3, 0.4) is 0 Å². The second-order valence-electron chi connectivity index (χ2n) is 4.93. The zero-order chi connectivity index (χ0) is 16.2. The molecule has 0 aliphatic rings. The molecule has 0 radical (unpaired) electrons. The lowest BCUT2D eigenvalue weighted by Gasteiger charge is -1.97. The second-order valence-corrected chi connectivity index (χ2v) is 5.87. The molecule has 0 fully saturated rings. The summed E-state index contributed by atoms with van der Waals surface area (Å²) in [5, 5.41) is 16.5. The van der Waals surface area contributed by atoms with Crippen molar-refractivity contribution < 1.29 is 0 Å². The molecule has 0 amide bonds. The Morgan fingerprint density at radius 3 is 2.75 bits per heavy atom. The van der Waals surface area contributed by atoms with Crippen LogP contribution in [0.2, 0.25) is 0 Å². The Hall–Kier alpha value is -3.00. The van der Waals surface area contributed by atoms with Gasteiger partial charge in [0.15, 0.2) is 5.82 Å². The van der Waals surface area contributed by atoms with Gasteiger partial charge >= 0.3 is 0 Å². The summed E-state index contributed by atoms with van der Waals surface area (Å²) in [6, 6.07) is 15.5. The van der Waals surface area contributed by atoms with Gasteiger partial charge in [-0.05, 0) is 24.3 Å². The van der Waals surface area contributed by atoms with Crippen molar-refractivity contribution in [3.63, 3.8) is 0 Å². The molecule has 4 aromatic rings. The molecule has 118 valence electrons. The molecule has 0 spiro atoms. The van der Waals surface area contributed by atoms with Gasteiger partial charge in [0.25, 0.3) is 0 Å². The van der Waals surface area contributed by atoms with Crippen molar-refractivity contribution in [1.82, 2.24) is 35.2 Å². The van der Waals surface area contributed by atoms with E-state index in [9.17, 15) is 0 Å². The minimum atomic E-state index is 0.645. The first-order valence-corrected chi connectivity index (χ1v) is 8.30. The van der Waals surface area contributed by atoms with Crippen LogP contribution in [0.1, 0.15) is 5.69 Å². The Bertz CT molecular complexity index is 840. The number of nitrogens with one attached hydrogen (secondary N) is 1. The highest BCUT2D eigenvalue weighted by atomic mass is 32.2. The highest BCUT2D eigenvalue weighted by molar-refractivity contribution is 7.98. The van der Waals surface area contributed by atoms with Crippen LogP contribution in [-0.2, 0) is 5.75 Å². The van der Waals surface area contributed by atoms with Crippen LogP contribution >= 0.6 is 11.8 Å². The molecule has 0 unspecified atom stereocenters. The third-order valence-electron chi connectivity index (χ3n) is 3.25. The number of H-pyrrole nitrogens is 1. The zero-order valence-corrected chi connectivity index (χ0v) is 13.4. The minimum absolute atomic E-state index is 0.645. The summed E-state index contributed by atoms with van der Waals surface area (Å²) >= 11 is 1.50. The molecule has 0 bridgehead atoms. The van der Waals surface area contributed by atoms with Crippen molar-refractivity contribution >= 4 is 11.8 Å². The van der Waals surface area contributed by atoms with Gasteiger partial charge in [-0.3, -0.25) is 10.1 Å². The van der Waals surface area contributed by atoms with Gasteiger partial charge in [-0.15, -0.1) is 5.10 Å². The number of aromatic amines is 1. The Kier molecular flexibility index (Phi) is 4.03. The van der Waals surface area contributed by atoms with Gasteiger partial charge in [0.2, 0.25) is 5.16 Å². The summed E-state index contributed by atoms with van der Waals surface area (Å²) in [4.78, 5) is 10.3. The number of hydrogen-bond donors (Lipinski definition) is 1. The SMILES string of the molecule is c1ccc(-n2ncc(CSc3n[nH]c(-c4ccccn4)n3)n2)cc1. The monoisotopic (exact) mass is 335 g/mol. The van der Waals surface area contributed by atoms with Crippen molar-refractivity contribution in [2.75, 3.05) is 0 Å². The lowest BCUT2D eigenvalue weighted by Crippen LogP contribution is -1.98. The molecular weight excluding hydrogens is 322 g/mol. The van der Waals surface area contributed by atoms with Crippen molar-refractivity contribution in [1.29, 1.82) is 0 Å². The van der Waals surface area contributed by atoms with Gasteiger partial charge in [0, 0.05) is 11.9 Å². The van der Waals surface area contributed by atoms with E-state index in [-0.39, 0.29) is 0 Å². The van der Waals surface area contributed by atoms with E-state index in [0.717, 1.165) is 17.1 Å². The van der Waals surface area contributed by atoms with Crippen molar-refractivity contribution in [3.8, 4) is 17.2 Å². The molecule has 24 heavy (non-hydrogen) atoms. The van der Waals surface area contributed by atoms with Crippen LogP contribution in [0.5, 0.6) is 0 Å². The van der Waals surface area contributed by atoms with Gasteiger partial charge in [-0.2, -0.15) is 20.0 Å². The van der Waals surface area contributed by atoms with E-state index in [4.69, 9.17) is 0 Å². The summed E-state index contributed by atoms with van der Waals surface area (Å²) in [6.45, 7) is 0. The Balaban J connectivity index is 1.43. The summed E-state index contributed by atoms with van der Waals surface area (Å²) in [5.74, 6) is 1.30. The first kappa shape index (κ1) is 14.6. The molecule has 0 aliphatic heterocycles. The van der Waals surface area contributed by atoms with E-state index in [1.807, 2.05) is 48.5 Å². The molecule has 3 heterocycles. The summed E-state index contributed by atoms with van der Waals surface area (Å²) < 4.78 is 0. The minimum Gasteiger partial charge on any atom is -0.257 e. The summed E-state index contributed by atoms with van der Waals surface area (Å²) in [7, 11) is 0. The van der Waals surface area contributed by atoms with Gasteiger partial charge in [0.05, 0.1) is 17.6 Å². The topological polar surface area (TPSA) is 85.2 Å². The molecule has 0 saturated carbocycles. The third-order valence-corrected chi connectivity index (χ3v) is 4.13. The quantitative estimate of drug-likeness (QED) is 0.565. The summed E-state index contributed by atoms with van der Waals surface area (Å²) in [5.41, 5.74) is 2.57.